The number of hydrogen-bond donors (Lipinski definition) is 1. The van der Waals surface area contributed by atoms with E-state index in [0.717, 1.165) is 33.0 Å². The van der Waals surface area contributed by atoms with Crippen LogP contribution in [0.4, 0.5) is 11.4 Å². The summed E-state index contributed by atoms with van der Waals surface area (Å²) in [6, 6.07) is 21.8. The van der Waals surface area contributed by atoms with E-state index in [1.807, 2.05) is 42.7 Å². The molecule has 10 nitrogen and oxygen atoms in total. The highest BCUT2D eigenvalue weighted by atomic mass is 35.5. The maximum atomic E-state index is 13.4. The van der Waals surface area contributed by atoms with Crippen molar-refractivity contribution in [3.8, 4) is 5.69 Å². The zero-order valence-corrected chi connectivity index (χ0v) is 22.6. The second kappa shape index (κ2) is 11.5. The molecule has 0 unspecified atom stereocenters. The first kappa shape index (κ1) is 27.6. The van der Waals surface area contributed by atoms with Gasteiger partial charge in [0.2, 0.25) is 0 Å². The van der Waals surface area contributed by atoms with Crippen LogP contribution in [0.15, 0.2) is 94.9 Å². The molecular weight excluding hydrogens is 542 g/mol. The van der Waals surface area contributed by atoms with Crippen LogP contribution in [0.2, 0.25) is 5.02 Å². The lowest BCUT2D eigenvalue weighted by molar-refractivity contribution is -0.384. The molecule has 1 aromatic heterocycles. The number of carbonyl (C=O) groups excluding carboxylic acids is 1. The van der Waals surface area contributed by atoms with Gasteiger partial charge in [-0.15, -0.1) is 0 Å². The number of hydrogen-bond acceptors (Lipinski definition) is 6. The molecule has 39 heavy (non-hydrogen) atoms. The van der Waals surface area contributed by atoms with Gasteiger partial charge >= 0.3 is 0 Å². The van der Waals surface area contributed by atoms with E-state index in [1.165, 1.54) is 36.5 Å². The molecule has 0 fully saturated rings. The Balaban J connectivity index is 1.58. The predicted molar refractivity (Wildman–Crippen MR) is 150 cm³/mol. The van der Waals surface area contributed by atoms with Crippen LogP contribution < -0.4 is 9.73 Å². The van der Waals surface area contributed by atoms with Crippen LogP contribution in [0.5, 0.6) is 0 Å². The van der Waals surface area contributed by atoms with Crippen LogP contribution in [0.1, 0.15) is 17.0 Å². The van der Waals surface area contributed by atoms with Crippen LogP contribution in [-0.4, -0.2) is 36.6 Å². The van der Waals surface area contributed by atoms with Crippen molar-refractivity contribution in [1.29, 1.82) is 0 Å². The summed E-state index contributed by atoms with van der Waals surface area (Å²) in [5, 5.41) is 15.9. The highest BCUT2D eigenvalue weighted by molar-refractivity contribution is 7.92. The third-order valence-corrected chi connectivity index (χ3v) is 8.01. The summed E-state index contributed by atoms with van der Waals surface area (Å²) in [6.45, 7) is 3.14. The van der Waals surface area contributed by atoms with Crippen molar-refractivity contribution in [2.75, 3.05) is 10.8 Å². The Kier molecular flexibility index (Phi) is 8.12. The number of benzene rings is 3. The van der Waals surface area contributed by atoms with Gasteiger partial charge in [0.25, 0.3) is 21.6 Å². The molecule has 1 heterocycles. The van der Waals surface area contributed by atoms with Crippen molar-refractivity contribution in [3.05, 3.63) is 117 Å². The van der Waals surface area contributed by atoms with E-state index in [4.69, 9.17) is 11.6 Å². The molecule has 0 radical (unpaired) electrons. The number of nitro benzene ring substituents is 1. The molecule has 3 aromatic carbocycles. The number of anilines is 1. The molecule has 0 atom stereocenters. The minimum Gasteiger partial charge on any atom is -0.316 e. The number of sulfonamides is 1. The van der Waals surface area contributed by atoms with Gasteiger partial charge in [-0.3, -0.25) is 19.2 Å². The van der Waals surface area contributed by atoms with Crippen molar-refractivity contribution in [1.82, 2.24) is 9.99 Å². The van der Waals surface area contributed by atoms with Crippen LogP contribution in [0.3, 0.4) is 0 Å². The van der Waals surface area contributed by atoms with Gasteiger partial charge in [0, 0.05) is 29.1 Å². The minimum absolute atomic E-state index is 0.0320. The van der Waals surface area contributed by atoms with Crippen molar-refractivity contribution >= 4 is 45.1 Å². The first-order chi connectivity index (χ1) is 18.6. The summed E-state index contributed by atoms with van der Waals surface area (Å²) in [6.07, 6.45) is 1.46. The van der Waals surface area contributed by atoms with Gasteiger partial charge in [-0.2, -0.15) is 5.10 Å². The first-order valence-electron chi connectivity index (χ1n) is 11.7. The number of nitro groups is 1. The number of aromatic nitrogens is 1. The third-order valence-electron chi connectivity index (χ3n) is 5.90. The van der Waals surface area contributed by atoms with E-state index in [-0.39, 0.29) is 16.3 Å². The summed E-state index contributed by atoms with van der Waals surface area (Å²) >= 11 is 6.36. The molecule has 0 aliphatic heterocycles. The fourth-order valence-electron chi connectivity index (χ4n) is 4.06. The van der Waals surface area contributed by atoms with Gasteiger partial charge in [-0.05, 0) is 50.2 Å². The third kappa shape index (κ3) is 6.00. The topological polar surface area (TPSA) is 127 Å². The Morgan fingerprint density at radius 3 is 2.44 bits per heavy atom. The number of para-hydroxylation sites is 1. The molecule has 1 amide bonds. The van der Waals surface area contributed by atoms with E-state index in [0.29, 0.717) is 5.02 Å². The monoisotopic (exact) mass is 565 g/mol. The molecule has 1 N–H and O–H groups in total. The van der Waals surface area contributed by atoms with Crippen LogP contribution >= 0.6 is 11.6 Å². The molecule has 12 heteroatoms. The predicted octanol–water partition coefficient (Wildman–Crippen LogP) is 5.00. The van der Waals surface area contributed by atoms with Crippen LogP contribution in [-0.2, 0) is 14.8 Å². The molecule has 0 saturated heterocycles. The Bertz CT molecular complexity index is 1670. The maximum Gasteiger partial charge on any atom is 0.271 e. The van der Waals surface area contributed by atoms with Gasteiger partial charge in [0.15, 0.2) is 0 Å². The number of halogens is 1. The number of rotatable bonds is 9. The summed E-state index contributed by atoms with van der Waals surface area (Å²) in [7, 11) is -4.23. The lowest BCUT2D eigenvalue weighted by Gasteiger charge is -2.23. The van der Waals surface area contributed by atoms with E-state index in [2.05, 4.69) is 10.5 Å². The average molecular weight is 566 g/mol. The van der Waals surface area contributed by atoms with Crippen molar-refractivity contribution < 1.29 is 18.1 Å². The van der Waals surface area contributed by atoms with Crippen molar-refractivity contribution in [2.24, 2.45) is 5.10 Å². The fraction of sp³-hybridized carbons (Fsp3) is 0.111. The summed E-state index contributed by atoms with van der Waals surface area (Å²) < 4.78 is 29.6. The van der Waals surface area contributed by atoms with Gasteiger partial charge in [-0.25, -0.2) is 13.8 Å². The number of nitrogens with one attached hydrogen (secondary N) is 1. The second-order valence-electron chi connectivity index (χ2n) is 8.51. The molecule has 4 aromatic rings. The first-order valence-corrected chi connectivity index (χ1v) is 13.5. The largest absolute Gasteiger partial charge is 0.316 e. The standard InChI is InChI=1S/C27H24ClN5O5S/c1-19-15-21(20(2)32(19)26-14-7-6-13-25(26)28)17-29-30-27(34)18-31(22-9-8-10-23(16-22)33(35)36)39(37,38)24-11-4-3-5-12-24/h3-17H,18H2,1-2H3,(H,30,34)/b29-17+. The molecule has 0 saturated carbocycles. The van der Waals surface area contributed by atoms with E-state index in [1.54, 1.807) is 24.3 Å². The fourth-order valence-corrected chi connectivity index (χ4v) is 5.71. The number of carbonyl (C=O) groups is 1. The van der Waals surface area contributed by atoms with Gasteiger partial charge in [-0.1, -0.05) is 48.0 Å². The summed E-state index contributed by atoms with van der Waals surface area (Å²) in [5.41, 5.74) is 5.27. The molecular formula is C27H24ClN5O5S. The number of aryl methyl sites for hydroxylation is 1. The number of nitrogens with zero attached hydrogens (tertiary/aromatic N) is 4. The number of hydrazone groups is 1. The second-order valence-corrected chi connectivity index (χ2v) is 10.8. The Hall–Kier alpha value is -4.48. The van der Waals surface area contributed by atoms with E-state index < -0.39 is 27.4 Å². The van der Waals surface area contributed by atoms with Gasteiger partial charge < -0.3 is 4.57 Å². The maximum absolute atomic E-state index is 13.4. The Morgan fingerprint density at radius 2 is 1.74 bits per heavy atom. The van der Waals surface area contributed by atoms with Gasteiger partial charge in [0.1, 0.15) is 6.54 Å². The van der Waals surface area contributed by atoms with Crippen molar-refractivity contribution in [2.45, 2.75) is 18.7 Å². The molecule has 4 rings (SSSR count). The lowest BCUT2D eigenvalue weighted by atomic mass is 10.2. The molecule has 0 spiro atoms. The van der Waals surface area contributed by atoms with E-state index >= 15 is 0 Å². The smallest absolute Gasteiger partial charge is 0.271 e. The minimum atomic E-state index is -4.23. The number of non-ortho nitro benzene ring substituents is 1. The lowest BCUT2D eigenvalue weighted by Crippen LogP contribution is -2.39. The van der Waals surface area contributed by atoms with E-state index in [9.17, 15) is 23.3 Å². The SMILES string of the molecule is Cc1cc(/C=N/NC(=O)CN(c2cccc([N+](=O)[O-])c2)S(=O)(=O)c2ccccc2)c(C)n1-c1ccccc1Cl. The van der Waals surface area contributed by atoms with Crippen molar-refractivity contribution in [3.63, 3.8) is 0 Å². The molecule has 200 valence electrons. The van der Waals surface area contributed by atoms with Crippen LogP contribution in [0.25, 0.3) is 5.69 Å². The Morgan fingerprint density at radius 1 is 1.05 bits per heavy atom. The highest BCUT2D eigenvalue weighted by Gasteiger charge is 2.28. The quantitative estimate of drug-likeness (QED) is 0.173. The zero-order valence-electron chi connectivity index (χ0n) is 21.0. The molecule has 0 bridgehead atoms. The Labute approximate surface area is 230 Å². The normalized spacial score (nSPS) is 11.5. The van der Waals surface area contributed by atoms with Crippen LogP contribution in [0, 0.1) is 24.0 Å². The zero-order chi connectivity index (χ0) is 28.2. The molecule has 0 aliphatic rings. The number of amides is 1. The summed E-state index contributed by atoms with van der Waals surface area (Å²) in [5.74, 6) is -0.739. The average Bonchev–Trinajstić information content (AvgIpc) is 3.20. The highest BCUT2D eigenvalue weighted by Crippen LogP contribution is 2.27. The molecule has 0 aliphatic carbocycles. The summed E-state index contributed by atoms with van der Waals surface area (Å²) in [4.78, 5) is 23.4. The van der Waals surface area contributed by atoms with Gasteiger partial charge in [0.05, 0.1) is 32.4 Å².